The van der Waals surface area contributed by atoms with E-state index in [2.05, 4.69) is 20.2 Å². The van der Waals surface area contributed by atoms with Crippen molar-refractivity contribution < 1.29 is 24.5 Å². The van der Waals surface area contributed by atoms with Crippen LogP contribution in [0.4, 0.5) is 0 Å². The minimum atomic E-state index is -1.17. The molecule has 1 aliphatic heterocycles. The molecule has 1 rings (SSSR count). The second-order valence-electron chi connectivity index (χ2n) is 2.21. The molecule has 1 saturated heterocycles. The summed E-state index contributed by atoms with van der Waals surface area (Å²) in [7, 11) is 5.16. The Morgan fingerprint density at radius 3 is 1.47 bits per heavy atom. The van der Waals surface area contributed by atoms with E-state index in [1.807, 2.05) is 0 Å². The zero-order chi connectivity index (χ0) is 11.5. The van der Waals surface area contributed by atoms with Gasteiger partial charge in [0.1, 0.15) is 13.2 Å². The second-order valence-corrected chi connectivity index (χ2v) is 2.21. The summed E-state index contributed by atoms with van der Waals surface area (Å²) in [4.78, 5) is 19.3. The highest BCUT2D eigenvalue weighted by Crippen LogP contribution is 1.73. The summed E-state index contributed by atoms with van der Waals surface area (Å²) in [6.07, 6.45) is 0. The molecule has 0 spiro atoms. The molecule has 1 aliphatic rings. The molecule has 0 aliphatic carbocycles. The number of hydrogen-bond donors (Lipinski definition) is 5. The van der Waals surface area contributed by atoms with Gasteiger partial charge in [-0.25, -0.2) is 9.59 Å². The van der Waals surface area contributed by atoms with Crippen LogP contribution in [0.1, 0.15) is 0 Å². The highest BCUT2D eigenvalue weighted by Gasteiger charge is 1.99. The molecule has 0 aromatic rings. The maximum absolute atomic E-state index is 9.66. The Labute approximate surface area is 88.6 Å². The quantitative estimate of drug-likeness (QED) is 0.305. The van der Waals surface area contributed by atoms with Crippen molar-refractivity contribution in [2.75, 3.05) is 13.2 Å². The van der Waals surface area contributed by atoms with Crippen molar-refractivity contribution in [3.63, 3.8) is 0 Å². The predicted molar refractivity (Wildman–Crippen MR) is 52.8 cm³/mol. The highest BCUT2D eigenvalue weighted by atomic mass is 16.5. The van der Waals surface area contributed by atoms with E-state index in [9.17, 15) is 9.59 Å². The molecule has 0 saturated carbocycles. The highest BCUT2D eigenvalue weighted by molar-refractivity contribution is 6.65. The van der Waals surface area contributed by atoms with Crippen LogP contribution in [0.3, 0.4) is 0 Å². The van der Waals surface area contributed by atoms with Crippen LogP contribution in [0.2, 0.25) is 0 Å². The number of carboxylic acid groups (broad SMARTS) is 2. The van der Waals surface area contributed by atoms with Gasteiger partial charge in [-0.15, -0.1) is 0 Å². The van der Waals surface area contributed by atoms with Crippen LogP contribution in [0.25, 0.3) is 0 Å². The molecule has 8 nitrogen and oxygen atoms in total. The lowest BCUT2D eigenvalue weighted by Gasteiger charge is -2.07. The van der Waals surface area contributed by atoms with Gasteiger partial charge in [0, 0.05) is 0 Å². The standard InChI is InChI=1S/C4H6O5.B3H3N3/c5-3(6)1-9-2-4(7)8;1-4-2-6-3-5-1/h1-2H2,(H,5,6)(H,7,8);4-6H. The third-order valence-electron chi connectivity index (χ3n) is 0.951. The summed E-state index contributed by atoms with van der Waals surface area (Å²) >= 11 is 0. The van der Waals surface area contributed by atoms with Gasteiger partial charge in [0.25, 0.3) is 22.6 Å². The largest absolute Gasteiger partial charge is 0.480 e. The average molecular weight is 212 g/mol. The van der Waals surface area contributed by atoms with Gasteiger partial charge in [-0.2, -0.15) is 0 Å². The molecule has 0 amide bonds. The van der Waals surface area contributed by atoms with Gasteiger partial charge in [-0.05, 0) is 0 Å². The van der Waals surface area contributed by atoms with Crippen molar-refractivity contribution in [3.05, 3.63) is 0 Å². The molecule has 0 atom stereocenters. The Morgan fingerprint density at radius 2 is 1.27 bits per heavy atom. The van der Waals surface area contributed by atoms with E-state index in [1.165, 1.54) is 0 Å². The number of hydrogen-bond acceptors (Lipinski definition) is 6. The zero-order valence-corrected chi connectivity index (χ0v) is 7.77. The maximum Gasteiger partial charge on any atom is 0.329 e. The molecule has 0 unspecified atom stereocenters. The van der Waals surface area contributed by atoms with Crippen LogP contribution < -0.4 is 15.4 Å². The average Bonchev–Trinajstić information content (AvgIpc) is 2.20. The van der Waals surface area contributed by atoms with Crippen LogP contribution in [0.5, 0.6) is 0 Å². The van der Waals surface area contributed by atoms with Crippen LogP contribution in [-0.4, -0.2) is 58.0 Å². The molecular weight excluding hydrogens is 202 g/mol. The van der Waals surface area contributed by atoms with Gasteiger partial charge in [-0.3, -0.25) is 0 Å². The van der Waals surface area contributed by atoms with Crippen molar-refractivity contribution in [1.82, 2.24) is 15.4 Å². The van der Waals surface area contributed by atoms with Crippen LogP contribution in [0.15, 0.2) is 0 Å². The number of nitrogens with one attached hydrogen (secondary N) is 3. The lowest BCUT2D eigenvalue weighted by molar-refractivity contribution is -0.148. The lowest BCUT2D eigenvalue weighted by Crippen LogP contribution is -2.55. The fourth-order valence-electron chi connectivity index (χ4n) is 0.495. The number of ether oxygens (including phenoxy) is 1. The summed E-state index contributed by atoms with van der Waals surface area (Å²) < 4.78 is 4.16. The maximum atomic E-state index is 9.66. The summed E-state index contributed by atoms with van der Waals surface area (Å²) in [6.45, 7) is -1.13. The van der Waals surface area contributed by atoms with Gasteiger partial charge >= 0.3 is 11.9 Å². The molecule has 15 heavy (non-hydrogen) atoms. The molecule has 0 aromatic carbocycles. The van der Waals surface area contributed by atoms with Crippen molar-refractivity contribution in [3.8, 4) is 0 Å². The van der Waals surface area contributed by atoms with Crippen LogP contribution >= 0.6 is 0 Å². The Bertz CT molecular complexity index is 176. The molecule has 0 bridgehead atoms. The first kappa shape index (κ1) is 14.0. The number of carbonyl (C=O) groups is 2. The Balaban J connectivity index is 0.000000280. The SMILES string of the molecule is O=C(O)COCC(=O)O.[B]1N[B]N[B]N1. The van der Waals surface area contributed by atoms with Crippen molar-refractivity contribution in [2.24, 2.45) is 0 Å². The summed E-state index contributed by atoms with van der Waals surface area (Å²) in [5.74, 6) is -2.34. The minimum absolute atomic E-state index is 0.563. The van der Waals surface area contributed by atoms with E-state index in [4.69, 9.17) is 10.2 Å². The van der Waals surface area contributed by atoms with E-state index >= 15 is 0 Å². The molecular formula is C4H9B3N3O5. The topological polar surface area (TPSA) is 120 Å². The number of aliphatic carboxylic acids is 2. The van der Waals surface area contributed by atoms with E-state index in [1.54, 1.807) is 22.6 Å². The third-order valence-corrected chi connectivity index (χ3v) is 0.951. The zero-order valence-electron chi connectivity index (χ0n) is 7.77. The van der Waals surface area contributed by atoms with E-state index in [-0.39, 0.29) is 0 Å². The fraction of sp³-hybridized carbons (Fsp3) is 0.500. The van der Waals surface area contributed by atoms with Crippen LogP contribution in [-0.2, 0) is 14.3 Å². The lowest BCUT2D eigenvalue weighted by atomic mass is 9.85. The monoisotopic (exact) mass is 212 g/mol. The van der Waals surface area contributed by atoms with Gasteiger partial charge in [-0.1, -0.05) is 0 Å². The molecule has 0 aromatic heterocycles. The fourth-order valence-corrected chi connectivity index (χ4v) is 0.495. The van der Waals surface area contributed by atoms with E-state index in [0.29, 0.717) is 0 Å². The normalized spacial score (nSPS) is 13.3. The third kappa shape index (κ3) is 13.0. The first-order chi connectivity index (χ1) is 7.13. The van der Waals surface area contributed by atoms with Gasteiger partial charge in [0.15, 0.2) is 0 Å². The first-order valence-electron chi connectivity index (χ1n) is 3.87. The molecule has 1 fully saturated rings. The molecule has 3 radical (unpaired) electrons. The molecule has 11 heteroatoms. The van der Waals surface area contributed by atoms with Crippen LogP contribution in [0, 0.1) is 0 Å². The van der Waals surface area contributed by atoms with Crippen molar-refractivity contribution in [1.29, 1.82) is 0 Å². The smallest absolute Gasteiger partial charge is 0.329 e. The predicted octanol–water partition coefficient (Wildman–Crippen LogP) is -3.46. The summed E-state index contributed by atoms with van der Waals surface area (Å²) in [6, 6.07) is 0. The summed E-state index contributed by atoms with van der Waals surface area (Å²) in [5, 5.41) is 24.2. The summed E-state index contributed by atoms with van der Waals surface area (Å²) in [5.41, 5.74) is 0. The number of rotatable bonds is 4. The van der Waals surface area contributed by atoms with Crippen molar-refractivity contribution in [2.45, 2.75) is 0 Å². The Hall–Kier alpha value is -1.03. The second kappa shape index (κ2) is 9.53. The Kier molecular flexibility index (Phi) is 8.88. The molecule has 1 heterocycles. The van der Waals surface area contributed by atoms with Gasteiger partial charge < -0.3 is 30.4 Å². The first-order valence-corrected chi connectivity index (χ1v) is 3.87. The Morgan fingerprint density at radius 1 is 0.933 bits per heavy atom. The molecule has 5 N–H and O–H groups in total. The van der Waals surface area contributed by atoms with E-state index in [0.717, 1.165) is 0 Å². The van der Waals surface area contributed by atoms with Gasteiger partial charge in [0.05, 0.1) is 0 Å². The van der Waals surface area contributed by atoms with E-state index < -0.39 is 25.2 Å². The minimum Gasteiger partial charge on any atom is -0.480 e. The number of carboxylic acids is 2. The molecule has 79 valence electrons. The van der Waals surface area contributed by atoms with Gasteiger partial charge in [0.2, 0.25) is 0 Å². The van der Waals surface area contributed by atoms with Crippen molar-refractivity contribution >= 4 is 34.6 Å².